The fourth-order valence-corrected chi connectivity index (χ4v) is 6.22. The first-order valence-corrected chi connectivity index (χ1v) is 9.50. The topological polar surface area (TPSA) is 35.5 Å². The van der Waals surface area contributed by atoms with E-state index in [-0.39, 0.29) is 5.78 Å². The molecule has 0 aliphatic rings. The monoisotopic (exact) mass is 290 g/mol. The zero-order valence-corrected chi connectivity index (χ0v) is 11.5. The van der Waals surface area contributed by atoms with Crippen molar-refractivity contribution in [3.8, 4) is 0 Å². The second-order valence-electron chi connectivity index (χ2n) is 2.26. The summed E-state index contributed by atoms with van der Waals surface area (Å²) in [5.41, 5.74) is 0. The van der Waals surface area contributed by atoms with E-state index < -0.39 is 5.16 Å². The molecule has 0 saturated carbocycles. The quantitative estimate of drug-likeness (QED) is 0.532. The van der Waals surface area contributed by atoms with Gasteiger partial charge in [-0.25, -0.2) is 0 Å². The Hall–Kier alpha value is 0.889. The molecule has 0 atom stereocenters. The van der Waals surface area contributed by atoms with Gasteiger partial charge in [-0.2, -0.15) is 0 Å². The van der Waals surface area contributed by atoms with E-state index in [0.717, 1.165) is 0 Å². The number of carbonyl (C=O) groups excluding carboxylic acids is 1. The van der Waals surface area contributed by atoms with Crippen LogP contribution >= 0.6 is 16.5 Å². The molecule has 0 fully saturated rings. The van der Waals surface area contributed by atoms with Crippen molar-refractivity contribution in [3.05, 3.63) is 0 Å². The summed E-state index contributed by atoms with van der Waals surface area (Å²) in [6.07, 6.45) is 0. The van der Waals surface area contributed by atoms with Crippen molar-refractivity contribution in [2.75, 3.05) is 19.0 Å². The number of hydrogen-bond acceptors (Lipinski definition) is 4. The molecule has 0 bridgehead atoms. The van der Waals surface area contributed by atoms with Gasteiger partial charge in [-0.05, 0) is 0 Å². The van der Waals surface area contributed by atoms with Crippen LogP contribution in [0.1, 0.15) is 20.8 Å². The SMILES string of the molecule is CCOP(=[Se])(OCC)SCC(C)=O. The third kappa shape index (κ3) is 6.89. The second kappa shape index (κ2) is 7.22. The van der Waals surface area contributed by atoms with Crippen molar-refractivity contribution < 1.29 is 13.8 Å². The molecule has 0 spiro atoms. The van der Waals surface area contributed by atoms with E-state index in [2.05, 4.69) is 15.1 Å². The van der Waals surface area contributed by atoms with E-state index in [1.807, 2.05) is 13.8 Å². The molecule has 0 amide bonds. The Morgan fingerprint density at radius 3 is 2.15 bits per heavy atom. The van der Waals surface area contributed by atoms with Gasteiger partial charge in [0.2, 0.25) is 0 Å². The van der Waals surface area contributed by atoms with Crippen LogP contribution in [-0.4, -0.2) is 39.8 Å². The first-order chi connectivity index (χ1) is 6.04. The summed E-state index contributed by atoms with van der Waals surface area (Å²) in [4.78, 5) is 10.8. The summed E-state index contributed by atoms with van der Waals surface area (Å²) < 4.78 is 10.9. The second-order valence-corrected chi connectivity index (χ2v) is 11.0. The van der Waals surface area contributed by atoms with Gasteiger partial charge in [0, 0.05) is 0 Å². The molecule has 0 aliphatic heterocycles. The summed E-state index contributed by atoms with van der Waals surface area (Å²) in [5.74, 6) is 0.588. The van der Waals surface area contributed by atoms with Gasteiger partial charge in [0.25, 0.3) is 0 Å². The number of Topliss-reactive ketones (excluding diaryl/α,β-unsaturated/α-hetero) is 1. The van der Waals surface area contributed by atoms with Crippen LogP contribution < -0.4 is 0 Å². The van der Waals surface area contributed by atoms with Crippen LogP contribution in [0.5, 0.6) is 0 Å². The molecule has 13 heavy (non-hydrogen) atoms. The van der Waals surface area contributed by atoms with E-state index in [1.165, 1.54) is 11.4 Å². The van der Waals surface area contributed by atoms with Crippen molar-refractivity contribution in [2.24, 2.45) is 0 Å². The third-order valence-electron chi connectivity index (χ3n) is 1.00. The summed E-state index contributed by atoms with van der Waals surface area (Å²) in [6, 6.07) is 0. The molecule has 0 saturated heterocycles. The van der Waals surface area contributed by atoms with E-state index in [1.54, 1.807) is 6.92 Å². The first kappa shape index (κ1) is 13.9. The Bertz CT molecular complexity index is 200. The molecule has 0 radical (unpaired) electrons. The average Bonchev–Trinajstić information content (AvgIpc) is 2.02. The molecule has 0 aromatic rings. The third-order valence-corrected chi connectivity index (χ3v) is 8.29. The van der Waals surface area contributed by atoms with E-state index >= 15 is 0 Å². The van der Waals surface area contributed by atoms with Crippen molar-refractivity contribution in [3.63, 3.8) is 0 Å². The maximum atomic E-state index is 10.8. The van der Waals surface area contributed by atoms with E-state index in [4.69, 9.17) is 9.05 Å². The molecule has 0 aromatic carbocycles. The Morgan fingerprint density at radius 1 is 1.38 bits per heavy atom. The molecule has 6 heteroatoms. The molecule has 0 rings (SSSR count). The van der Waals surface area contributed by atoms with Crippen LogP contribution in [-0.2, 0) is 13.8 Å². The molecule has 78 valence electrons. The van der Waals surface area contributed by atoms with Crippen molar-refractivity contribution >= 4 is 37.4 Å². The van der Waals surface area contributed by atoms with Crippen molar-refractivity contribution in [1.29, 1.82) is 0 Å². The molecule has 0 heterocycles. The summed E-state index contributed by atoms with van der Waals surface area (Å²) >= 11 is 4.37. The van der Waals surface area contributed by atoms with Gasteiger partial charge in [0.15, 0.2) is 0 Å². The Labute approximate surface area is 91.1 Å². The first-order valence-electron chi connectivity index (χ1n) is 4.07. The zero-order valence-electron chi connectivity index (χ0n) is 8.11. The maximum absolute atomic E-state index is 10.8. The standard InChI is InChI=1S/C7H15O3PSSe/c1-4-9-11(13,10-5-2)12-6-7(3)8/h4-6H2,1-3H3. The molecule has 0 aromatic heterocycles. The summed E-state index contributed by atoms with van der Waals surface area (Å²) in [5, 5.41) is -1.95. The minimum atomic E-state index is -1.95. The van der Waals surface area contributed by atoms with Crippen LogP contribution in [0.2, 0.25) is 0 Å². The average molecular weight is 289 g/mol. The predicted octanol–water partition coefficient (Wildman–Crippen LogP) is 2.23. The van der Waals surface area contributed by atoms with Crippen LogP contribution in [0.15, 0.2) is 0 Å². The minimum absolute atomic E-state index is 0.143. The van der Waals surface area contributed by atoms with Gasteiger partial charge in [0.1, 0.15) is 0 Å². The summed E-state index contributed by atoms with van der Waals surface area (Å²) in [6.45, 7) is 6.60. The molecular formula is C7H15O3PSSe. The van der Waals surface area contributed by atoms with Crippen LogP contribution in [0, 0.1) is 0 Å². The van der Waals surface area contributed by atoms with Gasteiger partial charge < -0.3 is 0 Å². The van der Waals surface area contributed by atoms with Crippen LogP contribution in [0.4, 0.5) is 0 Å². The molecule has 0 unspecified atom stereocenters. The van der Waals surface area contributed by atoms with E-state index in [9.17, 15) is 4.79 Å². The molecule has 0 N–H and O–H groups in total. The number of carbonyl (C=O) groups is 1. The zero-order chi connectivity index (χ0) is 10.3. The Kier molecular flexibility index (Phi) is 7.71. The fraction of sp³-hybridized carbons (Fsp3) is 0.857. The van der Waals surface area contributed by atoms with Crippen molar-refractivity contribution in [1.82, 2.24) is 0 Å². The van der Waals surface area contributed by atoms with Gasteiger partial charge >= 0.3 is 91.0 Å². The molecule has 3 nitrogen and oxygen atoms in total. The number of ketones is 1. The van der Waals surface area contributed by atoms with Crippen LogP contribution in [0.25, 0.3) is 0 Å². The van der Waals surface area contributed by atoms with Gasteiger partial charge in [0.05, 0.1) is 0 Å². The van der Waals surface area contributed by atoms with Gasteiger partial charge in [-0.1, -0.05) is 0 Å². The molecule has 0 aliphatic carbocycles. The van der Waals surface area contributed by atoms with Crippen molar-refractivity contribution in [2.45, 2.75) is 20.8 Å². The Morgan fingerprint density at radius 2 is 1.85 bits per heavy atom. The molecular weight excluding hydrogens is 274 g/mol. The number of hydrogen-bond donors (Lipinski definition) is 0. The van der Waals surface area contributed by atoms with Gasteiger partial charge in [-0.3, -0.25) is 0 Å². The summed E-state index contributed by atoms with van der Waals surface area (Å²) in [7, 11) is 0. The Balaban J connectivity index is 4.07. The van der Waals surface area contributed by atoms with Crippen LogP contribution in [0.3, 0.4) is 0 Å². The predicted molar refractivity (Wildman–Crippen MR) is 59.1 cm³/mol. The van der Waals surface area contributed by atoms with E-state index in [0.29, 0.717) is 19.0 Å². The van der Waals surface area contributed by atoms with Gasteiger partial charge in [-0.15, -0.1) is 0 Å². The normalized spacial score (nSPS) is 11.6. The number of rotatable bonds is 7. The fourth-order valence-electron chi connectivity index (χ4n) is 0.598.